The van der Waals surface area contributed by atoms with E-state index in [1.165, 1.54) is 25.3 Å². The van der Waals surface area contributed by atoms with Gasteiger partial charge in [-0.1, -0.05) is 0 Å². The van der Waals surface area contributed by atoms with Gasteiger partial charge in [0.05, 0.1) is 17.6 Å². The van der Waals surface area contributed by atoms with Crippen LogP contribution in [0.2, 0.25) is 0 Å². The summed E-state index contributed by atoms with van der Waals surface area (Å²) in [4.78, 5) is 21.6. The predicted molar refractivity (Wildman–Crippen MR) is 57.7 cm³/mol. The number of rotatable bonds is 4. The standard InChI is InChI=1S/C10H12N2O4/c1-3-11-10(13)8-6-7(12(14)15)4-5-9(8)16-2/h4-6H,3H2,1-2H3,(H,11,13). The van der Waals surface area contributed by atoms with Crippen LogP contribution < -0.4 is 10.1 Å². The van der Waals surface area contributed by atoms with Crippen molar-refractivity contribution in [3.63, 3.8) is 0 Å². The summed E-state index contributed by atoms with van der Waals surface area (Å²) in [5.41, 5.74) is 0.0283. The molecule has 6 nitrogen and oxygen atoms in total. The first-order valence-corrected chi connectivity index (χ1v) is 4.70. The maximum absolute atomic E-state index is 11.6. The molecule has 1 N–H and O–H groups in total. The van der Waals surface area contributed by atoms with Crippen molar-refractivity contribution in [3.8, 4) is 5.75 Å². The smallest absolute Gasteiger partial charge is 0.270 e. The van der Waals surface area contributed by atoms with E-state index in [2.05, 4.69) is 5.32 Å². The highest BCUT2D eigenvalue weighted by molar-refractivity contribution is 5.97. The molecule has 0 aliphatic rings. The van der Waals surface area contributed by atoms with Crippen molar-refractivity contribution >= 4 is 11.6 Å². The molecule has 0 aliphatic heterocycles. The number of nitrogens with zero attached hydrogens (tertiary/aromatic N) is 1. The maximum Gasteiger partial charge on any atom is 0.270 e. The molecule has 0 saturated carbocycles. The molecule has 0 unspecified atom stereocenters. The normalized spacial score (nSPS) is 9.62. The Kier molecular flexibility index (Phi) is 3.82. The van der Waals surface area contributed by atoms with Crippen LogP contribution >= 0.6 is 0 Å². The first-order valence-electron chi connectivity index (χ1n) is 4.70. The van der Waals surface area contributed by atoms with E-state index in [0.717, 1.165) is 0 Å². The number of hydrogen-bond donors (Lipinski definition) is 1. The van der Waals surface area contributed by atoms with Crippen LogP contribution in [0.1, 0.15) is 17.3 Å². The van der Waals surface area contributed by atoms with Crippen molar-refractivity contribution in [3.05, 3.63) is 33.9 Å². The van der Waals surface area contributed by atoms with E-state index in [1.54, 1.807) is 6.92 Å². The van der Waals surface area contributed by atoms with E-state index in [1.807, 2.05) is 0 Å². The van der Waals surface area contributed by atoms with E-state index in [0.29, 0.717) is 12.3 Å². The van der Waals surface area contributed by atoms with Gasteiger partial charge in [0.15, 0.2) is 0 Å². The van der Waals surface area contributed by atoms with Crippen LogP contribution in [-0.4, -0.2) is 24.5 Å². The Morgan fingerprint density at radius 2 is 2.25 bits per heavy atom. The molecule has 0 heterocycles. The fraction of sp³-hybridized carbons (Fsp3) is 0.300. The van der Waals surface area contributed by atoms with Gasteiger partial charge < -0.3 is 10.1 Å². The Bertz CT molecular complexity index is 417. The molecule has 16 heavy (non-hydrogen) atoms. The fourth-order valence-electron chi connectivity index (χ4n) is 1.24. The number of carbonyl (C=O) groups excluding carboxylic acids is 1. The monoisotopic (exact) mass is 224 g/mol. The summed E-state index contributed by atoms with van der Waals surface area (Å²) in [6, 6.07) is 3.90. The van der Waals surface area contributed by atoms with Crippen molar-refractivity contribution in [1.82, 2.24) is 5.32 Å². The number of nitrogens with one attached hydrogen (secondary N) is 1. The third kappa shape index (κ3) is 2.47. The summed E-state index contributed by atoms with van der Waals surface area (Å²) in [6.45, 7) is 2.21. The topological polar surface area (TPSA) is 81.5 Å². The van der Waals surface area contributed by atoms with Gasteiger partial charge in [-0.2, -0.15) is 0 Å². The lowest BCUT2D eigenvalue weighted by molar-refractivity contribution is -0.384. The van der Waals surface area contributed by atoms with Gasteiger partial charge >= 0.3 is 0 Å². The number of benzene rings is 1. The van der Waals surface area contributed by atoms with Crippen LogP contribution in [0, 0.1) is 10.1 Å². The summed E-state index contributed by atoms with van der Waals surface area (Å²) < 4.78 is 4.96. The third-order valence-corrected chi connectivity index (χ3v) is 1.98. The molecule has 1 rings (SSSR count). The van der Waals surface area contributed by atoms with Crippen molar-refractivity contribution in [2.24, 2.45) is 0 Å². The molecule has 0 aromatic heterocycles. The second kappa shape index (κ2) is 5.11. The second-order valence-electron chi connectivity index (χ2n) is 3.00. The number of hydrogen-bond acceptors (Lipinski definition) is 4. The van der Waals surface area contributed by atoms with Crippen LogP contribution in [0.4, 0.5) is 5.69 Å². The molecule has 1 aromatic carbocycles. The average Bonchev–Trinajstić information content (AvgIpc) is 2.28. The third-order valence-electron chi connectivity index (χ3n) is 1.98. The van der Waals surface area contributed by atoms with E-state index >= 15 is 0 Å². The molecule has 86 valence electrons. The first-order chi connectivity index (χ1) is 7.60. The van der Waals surface area contributed by atoms with Gasteiger partial charge in [-0.15, -0.1) is 0 Å². The number of nitro benzene ring substituents is 1. The Balaban J connectivity index is 3.16. The van der Waals surface area contributed by atoms with Crippen molar-refractivity contribution < 1.29 is 14.5 Å². The highest BCUT2D eigenvalue weighted by atomic mass is 16.6. The predicted octanol–water partition coefficient (Wildman–Crippen LogP) is 1.35. The minimum absolute atomic E-state index is 0.137. The lowest BCUT2D eigenvalue weighted by Gasteiger charge is -2.07. The van der Waals surface area contributed by atoms with Gasteiger partial charge in [0.2, 0.25) is 0 Å². The molecule has 1 aromatic rings. The van der Waals surface area contributed by atoms with Gasteiger partial charge in [0, 0.05) is 18.7 Å². The van der Waals surface area contributed by atoms with Gasteiger partial charge in [-0.25, -0.2) is 0 Å². The summed E-state index contributed by atoms with van der Waals surface area (Å²) in [5.74, 6) is -0.0698. The van der Waals surface area contributed by atoms with Crippen LogP contribution in [0.15, 0.2) is 18.2 Å². The number of methoxy groups -OCH3 is 1. The lowest BCUT2D eigenvalue weighted by Crippen LogP contribution is -2.23. The van der Waals surface area contributed by atoms with Gasteiger partial charge in [-0.05, 0) is 13.0 Å². The number of carbonyl (C=O) groups is 1. The van der Waals surface area contributed by atoms with Crippen LogP contribution in [0.5, 0.6) is 5.75 Å². The number of non-ortho nitro benzene ring substituents is 1. The Labute approximate surface area is 92.4 Å². The minimum atomic E-state index is -0.553. The largest absolute Gasteiger partial charge is 0.496 e. The van der Waals surface area contributed by atoms with Gasteiger partial charge in [0.25, 0.3) is 11.6 Å². The number of nitro groups is 1. The highest BCUT2D eigenvalue weighted by Crippen LogP contribution is 2.23. The van der Waals surface area contributed by atoms with Gasteiger partial charge in [-0.3, -0.25) is 14.9 Å². The molecule has 0 radical (unpaired) electrons. The quantitative estimate of drug-likeness (QED) is 0.618. The molecular formula is C10H12N2O4. The fourth-order valence-corrected chi connectivity index (χ4v) is 1.24. The van der Waals surface area contributed by atoms with E-state index < -0.39 is 4.92 Å². The van der Waals surface area contributed by atoms with E-state index in [4.69, 9.17) is 4.74 Å². The molecule has 0 spiro atoms. The number of ether oxygens (including phenoxy) is 1. The lowest BCUT2D eigenvalue weighted by atomic mass is 10.1. The van der Waals surface area contributed by atoms with Crippen molar-refractivity contribution in [2.75, 3.05) is 13.7 Å². The van der Waals surface area contributed by atoms with E-state index in [-0.39, 0.29) is 17.2 Å². The Morgan fingerprint density at radius 3 is 2.75 bits per heavy atom. The Morgan fingerprint density at radius 1 is 1.56 bits per heavy atom. The zero-order valence-corrected chi connectivity index (χ0v) is 9.02. The van der Waals surface area contributed by atoms with E-state index in [9.17, 15) is 14.9 Å². The van der Waals surface area contributed by atoms with Crippen LogP contribution in [0.25, 0.3) is 0 Å². The molecule has 0 fully saturated rings. The molecule has 0 bridgehead atoms. The Hall–Kier alpha value is -2.11. The number of amides is 1. The first kappa shape index (κ1) is 12.0. The summed E-state index contributed by atoms with van der Waals surface area (Å²) >= 11 is 0. The summed E-state index contributed by atoms with van der Waals surface area (Å²) in [5, 5.41) is 13.1. The van der Waals surface area contributed by atoms with Crippen molar-refractivity contribution in [2.45, 2.75) is 6.92 Å². The molecule has 0 aliphatic carbocycles. The maximum atomic E-state index is 11.6. The molecule has 6 heteroatoms. The summed E-state index contributed by atoms with van der Waals surface area (Å²) in [6.07, 6.45) is 0. The highest BCUT2D eigenvalue weighted by Gasteiger charge is 2.16. The molecular weight excluding hydrogens is 212 g/mol. The van der Waals surface area contributed by atoms with Gasteiger partial charge in [0.1, 0.15) is 5.75 Å². The zero-order chi connectivity index (χ0) is 12.1. The molecule has 1 amide bonds. The molecule has 0 saturated heterocycles. The van der Waals surface area contributed by atoms with Crippen LogP contribution in [0.3, 0.4) is 0 Å². The van der Waals surface area contributed by atoms with Crippen LogP contribution in [-0.2, 0) is 0 Å². The molecule has 0 atom stereocenters. The minimum Gasteiger partial charge on any atom is -0.496 e. The average molecular weight is 224 g/mol. The zero-order valence-electron chi connectivity index (χ0n) is 9.02. The SMILES string of the molecule is CCNC(=O)c1cc([N+](=O)[O-])ccc1OC. The van der Waals surface area contributed by atoms with Crippen molar-refractivity contribution in [1.29, 1.82) is 0 Å². The second-order valence-corrected chi connectivity index (χ2v) is 3.00. The summed E-state index contributed by atoms with van der Waals surface area (Å²) in [7, 11) is 1.41.